The second-order valence-electron chi connectivity index (χ2n) is 4.47. The molecule has 2 aliphatic carbocycles. The predicted molar refractivity (Wildman–Crippen MR) is 53.9 cm³/mol. The number of nitrogens with one attached hydrogen (secondary N) is 1. The molecule has 0 amide bonds. The summed E-state index contributed by atoms with van der Waals surface area (Å²) in [5.41, 5.74) is 0. The lowest BCUT2D eigenvalue weighted by molar-refractivity contribution is -0.142. The minimum Gasteiger partial charge on any atom is -0.465 e. The van der Waals surface area contributed by atoms with E-state index in [1.165, 1.54) is 25.7 Å². The van der Waals surface area contributed by atoms with E-state index in [2.05, 4.69) is 5.32 Å². The Bertz CT molecular complexity index is 217. The molecule has 2 bridgehead atoms. The van der Waals surface area contributed by atoms with E-state index in [0.717, 1.165) is 11.8 Å². The molecule has 3 nitrogen and oxygen atoms in total. The SMILES string of the molecule is CCOC(=O)CNC1CC2CCC1C2. The van der Waals surface area contributed by atoms with Crippen molar-refractivity contribution < 1.29 is 9.53 Å². The van der Waals surface area contributed by atoms with Crippen LogP contribution in [0.5, 0.6) is 0 Å². The highest BCUT2D eigenvalue weighted by molar-refractivity contribution is 5.71. The Kier molecular flexibility index (Phi) is 3.06. The predicted octanol–water partition coefficient (Wildman–Crippen LogP) is 1.33. The van der Waals surface area contributed by atoms with Crippen LogP contribution in [0.25, 0.3) is 0 Å². The van der Waals surface area contributed by atoms with Gasteiger partial charge in [-0.15, -0.1) is 0 Å². The van der Waals surface area contributed by atoms with Crippen molar-refractivity contribution in [2.24, 2.45) is 11.8 Å². The maximum Gasteiger partial charge on any atom is 0.319 e. The molecule has 0 aliphatic heterocycles. The summed E-state index contributed by atoms with van der Waals surface area (Å²) in [5, 5.41) is 3.32. The lowest BCUT2D eigenvalue weighted by Gasteiger charge is -2.22. The Morgan fingerprint density at radius 2 is 2.29 bits per heavy atom. The molecule has 0 radical (unpaired) electrons. The third-order valence-electron chi connectivity index (χ3n) is 3.55. The van der Waals surface area contributed by atoms with E-state index >= 15 is 0 Å². The van der Waals surface area contributed by atoms with E-state index in [1.807, 2.05) is 6.92 Å². The lowest BCUT2D eigenvalue weighted by Crippen LogP contribution is -2.37. The standard InChI is InChI=1S/C11H19NO2/c1-2-14-11(13)7-12-10-6-8-3-4-9(10)5-8/h8-10,12H,2-7H2,1H3. The zero-order valence-corrected chi connectivity index (χ0v) is 8.79. The quantitative estimate of drug-likeness (QED) is 0.691. The van der Waals surface area contributed by atoms with Gasteiger partial charge in [-0.25, -0.2) is 0 Å². The third kappa shape index (κ3) is 2.08. The molecule has 0 saturated heterocycles. The Morgan fingerprint density at radius 1 is 1.43 bits per heavy atom. The fourth-order valence-electron chi connectivity index (χ4n) is 2.92. The molecule has 0 aromatic rings. The van der Waals surface area contributed by atoms with Gasteiger partial charge < -0.3 is 10.1 Å². The topological polar surface area (TPSA) is 38.3 Å². The molecule has 3 atom stereocenters. The van der Waals surface area contributed by atoms with Crippen molar-refractivity contribution in [3.63, 3.8) is 0 Å². The molecule has 2 aliphatic rings. The molecule has 1 N–H and O–H groups in total. The second-order valence-corrected chi connectivity index (χ2v) is 4.47. The molecular weight excluding hydrogens is 178 g/mol. The average Bonchev–Trinajstić information content (AvgIpc) is 2.76. The number of esters is 1. The minimum atomic E-state index is -0.115. The molecule has 3 heteroatoms. The summed E-state index contributed by atoms with van der Waals surface area (Å²) in [4.78, 5) is 11.1. The maximum absolute atomic E-state index is 11.1. The fraction of sp³-hybridized carbons (Fsp3) is 0.909. The van der Waals surface area contributed by atoms with Crippen LogP contribution in [-0.2, 0) is 9.53 Å². The van der Waals surface area contributed by atoms with Crippen molar-refractivity contribution in [2.75, 3.05) is 13.2 Å². The highest BCUT2D eigenvalue weighted by Gasteiger charge is 2.39. The van der Waals surface area contributed by atoms with Crippen LogP contribution in [0.1, 0.15) is 32.6 Å². The van der Waals surface area contributed by atoms with Gasteiger partial charge in [0.25, 0.3) is 0 Å². The van der Waals surface area contributed by atoms with Crippen molar-refractivity contribution in [3.05, 3.63) is 0 Å². The summed E-state index contributed by atoms with van der Waals surface area (Å²) in [7, 11) is 0. The molecule has 80 valence electrons. The molecule has 14 heavy (non-hydrogen) atoms. The number of hydrogen-bond acceptors (Lipinski definition) is 3. The zero-order valence-electron chi connectivity index (χ0n) is 8.79. The van der Waals surface area contributed by atoms with Crippen LogP contribution in [0.3, 0.4) is 0 Å². The van der Waals surface area contributed by atoms with Gasteiger partial charge in [0.1, 0.15) is 0 Å². The smallest absolute Gasteiger partial charge is 0.319 e. The highest BCUT2D eigenvalue weighted by Crippen LogP contribution is 2.44. The van der Waals surface area contributed by atoms with E-state index in [9.17, 15) is 4.79 Å². The van der Waals surface area contributed by atoms with Gasteiger partial charge in [0.2, 0.25) is 0 Å². The number of rotatable bonds is 4. The van der Waals surface area contributed by atoms with Gasteiger partial charge in [-0.1, -0.05) is 6.42 Å². The first-order valence-corrected chi connectivity index (χ1v) is 5.68. The van der Waals surface area contributed by atoms with E-state index in [1.54, 1.807) is 0 Å². The molecule has 0 aromatic heterocycles. The summed E-state index contributed by atoms with van der Waals surface area (Å²) >= 11 is 0. The monoisotopic (exact) mass is 197 g/mol. The first-order valence-electron chi connectivity index (χ1n) is 5.68. The van der Waals surface area contributed by atoms with Gasteiger partial charge >= 0.3 is 5.97 Å². The van der Waals surface area contributed by atoms with Crippen molar-refractivity contribution in [1.29, 1.82) is 0 Å². The van der Waals surface area contributed by atoms with Crippen LogP contribution in [0.2, 0.25) is 0 Å². The van der Waals surface area contributed by atoms with Crippen LogP contribution in [0.4, 0.5) is 0 Å². The average molecular weight is 197 g/mol. The molecule has 0 spiro atoms. The summed E-state index contributed by atoms with van der Waals surface area (Å²) in [6.07, 6.45) is 5.40. The largest absolute Gasteiger partial charge is 0.465 e. The van der Waals surface area contributed by atoms with E-state index in [-0.39, 0.29) is 5.97 Å². The van der Waals surface area contributed by atoms with Crippen LogP contribution >= 0.6 is 0 Å². The van der Waals surface area contributed by atoms with Gasteiger partial charge in [-0.2, -0.15) is 0 Å². The van der Waals surface area contributed by atoms with E-state index in [4.69, 9.17) is 4.74 Å². The first-order chi connectivity index (χ1) is 6.79. The summed E-state index contributed by atoms with van der Waals surface area (Å²) < 4.78 is 4.88. The number of ether oxygens (including phenoxy) is 1. The van der Waals surface area contributed by atoms with Gasteiger partial charge in [0.15, 0.2) is 0 Å². The zero-order chi connectivity index (χ0) is 9.97. The van der Waals surface area contributed by atoms with Crippen LogP contribution in [0.15, 0.2) is 0 Å². The van der Waals surface area contributed by atoms with Crippen molar-refractivity contribution in [2.45, 2.75) is 38.6 Å². The number of carbonyl (C=O) groups excluding carboxylic acids is 1. The van der Waals surface area contributed by atoms with Gasteiger partial charge in [-0.05, 0) is 38.0 Å². The van der Waals surface area contributed by atoms with Crippen LogP contribution in [-0.4, -0.2) is 25.2 Å². The van der Waals surface area contributed by atoms with Crippen molar-refractivity contribution in [1.82, 2.24) is 5.32 Å². The normalized spacial score (nSPS) is 34.8. The molecule has 2 fully saturated rings. The number of carbonyl (C=O) groups is 1. The molecule has 2 saturated carbocycles. The lowest BCUT2D eigenvalue weighted by atomic mass is 9.95. The Labute approximate surface area is 85.2 Å². The molecule has 2 rings (SSSR count). The van der Waals surface area contributed by atoms with Crippen LogP contribution < -0.4 is 5.32 Å². The minimum absolute atomic E-state index is 0.115. The van der Waals surface area contributed by atoms with Crippen molar-refractivity contribution >= 4 is 5.97 Å². The second kappa shape index (κ2) is 4.30. The Morgan fingerprint density at radius 3 is 2.86 bits per heavy atom. The Hall–Kier alpha value is -0.570. The van der Waals surface area contributed by atoms with Gasteiger partial charge in [-0.3, -0.25) is 4.79 Å². The van der Waals surface area contributed by atoms with Crippen molar-refractivity contribution in [3.8, 4) is 0 Å². The van der Waals surface area contributed by atoms with Gasteiger partial charge in [0.05, 0.1) is 13.2 Å². The first kappa shape index (κ1) is 9.97. The molecule has 0 heterocycles. The van der Waals surface area contributed by atoms with E-state index in [0.29, 0.717) is 19.2 Å². The number of hydrogen-bond donors (Lipinski definition) is 1. The molecule has 0 aromatic carbocycles. The molecule has 3 unspecified atom stereocenters. The summed E-state index contributed by atoms with van der Waals surface area (Å²) in [5.74, 6) is 1.64. The van der Waals surface area contributed by atoms with E-state index < -0.39 is 0 Å². The Balaban J connectivity index is 1.69. The maximum atomic E-state index is 11.1. The van der Waals surface area contributed by atoms with Crippen LogP contribution in [0, 0.1) is 11.8 Å². The third-order valence-corrected chi connectivity index (χ3v) is 3.55. The highest BCUT2D eigenvalue weighted by atomic mass is 16.5. The van der Waals surface area contributed by atoms with Gasteiger partial charge in [0, 0.05) is 6.04 Å². The summed E-state index contributed by atoms with van der Waals surface area (Å²) in [6, 6.07) is 0.582. The number of fused-ring (bicyclic) bond motifs is 2. The fourth-order valence-corrected chi connectivity index (χ4v) is 2.92. The summed E-state index contributed by atoms with van der Waals surface area (Å²) in [6.45, 7) is 2.72. The molecular formula is C11H19NO2.